The first-order chi connectivity index (χ1) is 8.45. The van der Waals surface area contributed by atoms with Gasteiger partial charge in [0.2, 0.25) is 0 Å². The van der Waals surface area contributed by atoms with Gasteiger partial charge in [0, 0.05) is 29.0 Å². The Bertz CT molecular complexity index is 296. The molecule has 0 spiro atoms. The Labute approximate surface area is 113 Å². The molecule has 0 aromatic heterocycles. The van der Waals surface area contributed by atoms with E-state index in [1.54, 1.807) is 0 Å². The van der Waals surface area contributed by atoms with Gasteiger partial charge in [0.05, 0.1) is 0 Å². The van der Waals surface area contributed by atoms with Crippen molar-refractivity contribution in [1.29, 1.82) is 0 Å². The molecule has 0 bridgehead atoms. The molecule has 0 saturated carbocycles. The first-order valence-electron chi connectivity index (χ1n) is 6.45. The maximum atomic E-state index is 3.58. The predicted octanol–water partition coefficient (Wildman–Crippen LogP) is 3.65. The van der Waals surface area contributed by atoms with Crippen LogP contribution < -0.4 is 5.32 Å². The van der Waals surface area contributed by atoms with Crippen LogP contribution in [0.5, 0.6) is 0 Å². The molecule has 1 unspecified atom stereocenters. The molecule has 3 heteroatoms. The Balaban J connectivity index is 1.51. The summed E-state index contributed by atoms with van der Waals surface area (Å²) in [4.78, 5) is 1.38. The zero-order valence-corrected chi connectivity index (χ0v) is 11.9. The first kappa shape index (κ1) is 13.3. The Hall–Kier alpha value is -0.120. The van der Waals surface area contributed by atoms with E-state index < -0.39 is 0 Å². The summed E-state index contributed by atoms with van der Waals surface area (Å²) in [6.07, 6.45) is 4.26. The quantitative estimate of drug-likeness (QED) is 0.624. The summed E-state index contributed by atoms with van der Waals surface area (Å²) < 4.78 is 0. The van der Waals surface area contributed by atoms with E-state index in [9.17, 15) is 0 Å². The van der Waals surface area contributed by atoms with E-state index in [1.165, 1.54) is 42.2 Å². The highest BCUT2D eigenvalue weighted by Crippen LogP contribution is 2.24. The van der Waals surface area contributed by atoms with E-state index in [1.807, 2.05) is 11.8 Å². The minimum atomic E-state index is 0.866. The van der Waals surface area contributed by atoms with Crippen LogP contribution in [-0.2, 0) is 0 Å². The molecule has 1 heterocycles. The van der Waals surface area contributed by atoms with Gasteiger partial charge >= 0.3 is 0 Å². The third kappa shape index (κ3) is 5.36. The average Bonchev–Trinajstić information content (AvgIpc) is 2.41. The molecule has 1 atom stereocenters. The van der Waals surface area contributed by atoms with Crippen molar-refractivity contribution in [3.05, 3.63) is 30.3 Å². The van der Waals surface area contributed by atoms with E-state index in [0.29, 0.717) is 0 Å². The third-order valence-corrected chi connectivity index (χ3v) is 5.35. The molecule has 0 radical (unpaired) electrons. The zero-order valence-electron chi connectivity index (χ0n) is 10.2. The fraction of sp³-hybridized carbons (Fsp3) is 0.571. The summed E-state index contributed by atoms with van der Waals surface area (Å²) in [6.45, 7) is 2.32. The van der Waals surface area contributed by atoms with E-state index in [4.69, 9.17) is 0 Å². The van der Waals surface area contributed by atoms with E-state index in [-0.39, 0.29) is 0 Å². The van der Waals surface area contributed by atoms with E-state index >= 15 is 0 Å². The molecular formula is C14H21NS2. The minimum absolute atomic E-state index is 0.866. The molecule has 0 aliphatic carbocycles. The average molecular weight is 267 g/mol. The monoisotopic (exact) mass is 267 g/mol. The highest BCUT2D eigenvalue weighted by Gasteiger charge is 2.12. The molecule has 1 aromatic carbocycles. The summed E-state index contributed by atoms with van der Waals surface area (Å²) in [5, 5.41) is 4.45. The van der Waals surface area contributed by atoms with Crippen LogP contribution >= 0.6 is 23.5 Å². The molecule has 1 aliphatic heterocycles. The van der Waals surface area contributed by atoms with Crippen LogP contribution in [0.15, 0.2) is 35.2 Å². The van der Waals surface area contributed by atoms with Gasteiger partial charge in [0.25, 0.3) is 0 Å². The highest BCUT2D eigenvalue weighted by molar-refractivity contribution is 8.00. The number of hydrogen-bond donors (Lipinski definition) is 1. The van der Waals surface area contributed by atoms with Crippen molar-refractivity contribution in [2.24, 2.45) is 0 Å². The van der Waals surface area contributed by atoms with Crippen LogP contribution in [-0.4, -0.2) is 29.8 Å². The lowest BCUT2D eigenvalue weighted by Crippen LogP contribution is -2.28. The summed E-state index contributed by atoms with van der Waals surface area (Å²) >= 11 is 4.09. The summed E-state index contributed by atoms with van der Waals surface area (Å²) in [5.41, 5.74) is 0. The fourth-order valence-electron chi connectivity index (χ4n) is 1.99. The first-order valence-corrected chi connectivity index (χ1v) is 8.49. The molecule has 1 fully saturated rings. The molecule has 1 aliphatic rings. The standard InChI is InChI=1S/C14H21NS2/c1-2-6-13(7-3-1)17-11-9-15-12-14-8-4-5-10-16-14/h1-3,6-7,14-15H,4-5,8-12H2. The molecule has 1 saturated heterocycles. The summed E-state index contributed by atoms with van der Waals surface area (Å²) in [5.74, 6) is 2.53. The Morgan fingerprint density at radius 3 is 2.88 bits per heavy atom. The second-order valence-corrected chi connectivity index (χ2v) is 6.93. The molecule has 2 rings (SSSR count). The molecule has 1 N–H and O–H groups in total. The Kier molecular flexibility index (Phi) is 6.32. The van der Waals surface area contributed by atoms with Gasteiger partial charge < -0.3 is 5.32 Å². The second kappa shape index (κ2) is 8.06. The van der Waals surface area contributed by atoms with Crippen molar-refractivity contribution in [2.75, 3.05) is 24.6 Å². The number of rotatable bonds is 6. The maximum absolute atomic E-state index is 3.58. The van der Waals surface area contributed by atoms with Crippen molar-refractivity contribution in [1.82, 2.24) is 5.32 Å². The lowest BCUT2D eigenvalue weighted by atomic mass is 10.2. The lowest BCUT2D eigenvalue weighted by Gasteiger charge is -2.21. The van der Waals surface area contributed by atoms with Gasteiger partial charge in [-0.1, -0.05) is 24.6 Å². The van der Waals surface area contributed by atoms with Gasteiger partial charge in [-0.2, -0.15) is 11.8 Å². The van der Waals surface area contributed by atoms with Crippen LogP contribution in [0.25, 0.3) is 0 Å². The van der Waals surface area contributed by atoms with Crippen molar-refractivity contribution in [3.8, 4) is 0 Å². The Morgan fingerprint density at radius 1 is 1.24 bits per heavy atom. The smallest absolute Gasteiger partial charge is 0.0172 e. The molecule has 17 heavy (non-hydrogen) atoms. The molecule has 94 valence electrons. The summed E-state index contributed by atoms with van der Waals surface area (Å²) in [6, 6.07) is 10.6. The van der Waals surface area contributed by atoms with Gasteiger partial charge in [-0.15, -0.1) is 11.8 Å². The second-order valence-electron chi connectivity index (χ2n) is 4.35. The maximum Gasteiger partial charge on any atom is 0.0172 e. The fourth-order valence-corrected chi connectivity index (χ4v) is 4.09. The number of thioether (sulfide) groups is 2. The molecule has 1 nitrogen and oxygen atoms in total. The largest absolute Gasteiger partial charge is 0.315 e. The topological polar surface area (TPSA) is 12.0 Å². The predicted molar refractivity (Wildman–Crippen MR) is 80.1 cm³/mol. The van der Waals surface area contributed by atoms with E-state index in [2.05, 4.69) is 47.4 Å². The van der Waals surface area contributed by atoms with Crippen LogP contribution in [0, 0.1) is 0 Å². The molecule has 0 amide bonds. The Morgan fingerprint density at radius 2 is 2.12 bits per heavy atom. The normalized spacial score (nSPS) is 20.4. The highest BCUT2D eigenvalue weighted by atomic mass is 32.2. The van der Waals surface area contributed by atoms with Gasteiger partial charge in [0.15, 0.2) is 0 Å². The van der Waals surface area contributed by atoms with Crippen molar-refractivity contribution < 1.29 is 0 Å². The van der Waals surface area contributed by atoms with E-state index in [0.717, 1.165) is 11.8 Å². The zero-order chi connectivity index (χ0) is 11.8. The number of hydrogen-bond acceptors (Lipinski definition) is 3. The number of benzene rings is 1. The van der Waals surface area contributed by atoms with Crippen molar-refractivity contribution >= 4 is 23.5 Å². The molecule has 1 aromatic rings. The number of nitrogens with one attached hydrogen (secondary N) is 1. The van der Waals surface area contributed by atoms with Crippen molar-refractivity contribution in [2.45, 2.75) is 29.4 Å². The van der Waals surface area contributed by atoms with Gasteiger partial charge in [-0.25, -0.2) is 0 Å². The lowest BCUT2D eigenvalue weighted by molar-refractivity contribution is 0.611. The SMILES string of the molecule is c1ccc(SCCNCC2CCCCS2)cc1. The van der Waals surface area contributed by atoms with Crippen LogP contribution in [0.3, 0.4) is 0 Å². The van der Waals surface area contributed by atoms with Crippen LogP contribution in [0.1, 0.15) is 19.3 Å². The van der Waals surface area contributed by atoms with Crippen LogP contribution in [0.2, 0.25) is 0 Å². The minimum Gasteiger partial charge on any atom is -0.315 e. The van der Waals surface area contributed by atoms with Gasteiger partial charge in [-0.3, -0.25) is 0 Å². The third-order valence-electron chi connectivity index (χ3n) is 2.94. The van der Waals surface area contributed by atoms with Gasteiger partial charge in [0.1, 0.15) is 0 Å². The molecular weight excluding hydrogens is 246 g/mol. The van der Waals surface area contributed by atoms with Crippen LogP contribution in [0.4, 0.5) is 0 Å². The van der Waals surface area contributed by atoms with Crippen molar-refractivity contribution in [3.63, 3.8) is 0 Å². The van der Waals surface area contributed by atoms with Gasteiger partial charge in [-0.05, 0) is 30.7 Å². The summed E-state index contributed by atoms with van der Waals surface area (Å²) in [7, 11) is 0.